The zero-order valence-corrected chi connectivity index (χ0v) is 24.3. The summed E-state index contributed by atoms with van der Waals surface area (Å²) in [5.41, 5.74) is 6.92. The van der Waals surface area contributed by atoms with E-state index in [-0.39, 0.29) is 5.97 Å². The smallest absolute Gasteiger partial charge is 0.306 e. The number of aliphatic imine (C=N–C) groups is 1. The van der Waals surface area contributed by atoms with Crippen LogP contribution in [0, 0.1) is 0 Å². The molecular weight excluding hydrogens is 498 g/mol. The van der Waals surface area contributed by atoms with Crippen LogP contribution in [-0.2, 0) is 20.8 Å². The van der Waals surface area contributed by atoms with E-state index in [0.29, 0.717) is 26.1 Å². The number of carbonyl (C=O) groups is 1. The van der Waals surface area contributed by atoms with Crippen molar-refractivity contribution < 1.29 is 14.3 Å². The van der Waals surface area contributed by atoms with Crippen LogP contribution in [0.3, 0.4) is 0 Å². The van der Waals surface area contributed by atoms with Gasteiger partial charge in [0.2, 0.25) is 0 Å². The molecule has 2 N–H and O–H groups in total. The minimum Gasteiger partial charge on any atom is -0.494 e. The summed E-state index contributed by atoms with van der Waals surface area (Å²) in [6, 6.07) is 18.7. The molecule has 6 nitrogen and oxygen atoms in total. The predicted molar refractivity (Wildman–Crippen MR) is 165 cm³/mol. The monoisotopic (exact) mass is 541 g/mol. The van der Waals surface area contributed by atoms with Crippen LogP contribution in [0.2, 0.25) is 0 Å². The summed E-state index contributed by atoms with van der Waals surface area (Å²) >= 11 is 0. The van der Waals surface area contributed by atoms with Crippen molar-refractivity contribution in [1.82, 2.24) is 5.32 Å². The van der Waals surface area contributed by atoms with Gasteiger partial charge in [-0.15, -0.1) is 0 Å². The summed E-state index contributed by atoms with van der Waals surface area (Å²) in [6.45, 7) is 7.81. The van der Waals surface area contributed by atoms with Gasteiger partial charge in [-0.3, -0.25) is 9.79 Å². The molecule has 1 aliphatic carbocycles. The van der Waals surface area contributed by atoms with Gasteiger partial charge in [-0.1, -0.05) is 55.0 Å². The van der Waals surface area contributed by atoms with Crippen molar-refractivity contribution in [3.63, 3.8) is 0 Å². The molecule has 2 aromatic carbocycles. The molecule has 0 heterocycles. The van der Waals surface area contributed by atoms with Gasteiger partial charge in [-0.25, -0.2) is 0 Å². The minimum absolute atomic E-state index is 0.146. The highest BCUT2D eigenvalue weighted by molar-refractivity contribution is 5.99. The number of carbonyl (C=O) groups excluding carboxylic acids is 1. The third-order valence-electron chi connectivity index (χ3n) is 6.66. The summed E-state index contributed by atoms with van der Waals surface area (Å²) in [6.07, 6.45) is 12.0. The average Bonchev–Trinajstić information content (AvgIpc) is 3.18. The van der Waals surface area contributed by atoms with Crippen molar-refractivity contribution in [2.45, 2.75) is 59.4 Å². The fourth-order valence-corrected chi connectivity index (χ4v) is 4.43. The van der Waals surface area contributed by atoms with Crippen molar-refractivity contribution in [2.24, 2.45) is 4.99 Å². The second-order valence-corrected chi connectivity index (χ2v) is 9.57. The van der Waals surface area contributed by atoms with Gasteiger partial charge in [-0.05, 0) is 80.7 Å². The molecule has 0 unspecified atom stereocenters. The Bertz CT molecular complexity index is 1240. The Morgan fingerprint density at radius 1 is 1.05 bits per heavy atom. The fourth-order valence-electron chi connectivity index (χ4n) is 4.43. The second-order valence-electron chi connectivity index (χ2n) is 9.57. The number of rotatable bonds is 14. The van der Waals surface area contributed by atoms with Gasteiger partial charge in [0.15, 0.2) is 0 Å². The van der Waals surface area contributed by atoms with Crippen molar-refractivity contribution in [1.29, 1.82) is 0 Å². The van der Waals surface area contributed by atoms with Gasteiger partial charge in [-0.2, -0.15) is 0 Å². The number of anilines is 1. The van der Waals surface area contributed by atoms with Gasteiger partial charge >= 0.3 is 5.97 Å². The van der Waals surface area contributed by atoms with E-state index < -0.39 is 0 Å². The molecule has 3 rings (SSSR count). The first kappa shape index (κ1) is 30.5. The maximum atomic E-state index is 11.8. The Morgan fingerprint density at radius 2 is 1.82 bits per heavy atom. The summed E-state index contributed by atoms with van der Waals surface area (Å²) in [4.78, 5) is 16.2. The molecule has 40 heavy (non-hydrogen) atoms. The van der Waals surface area contributed by atoms with Crippen LogP contribution in [0.4, 0.5) is 5.69 Å². The number of nitrogens with zero attached hydrogens (tertiary/aromatic N) is 1. The molecule has 212 valence electrons. The van der Waals surface area contributed by atoms with E-state index in [4.69, 9.17) is 9.47 Å². The molecule has 0 atom stereocenters. The number of nitrogens with one attached hydrogen (secondary N) is 2. The van der Waals surface area contributed by atoms with Crippen molar-refractivity contribution >= 4 is 17.5 Å². The van der Waals surface area contributed by atoms with E-state index in [9.17, 15) is 4.79 Å². The molecule has 1 aliphatic rings. The normalized spacial score (nSPS) is 13.9. The quantitative estimate of drug-likeness (QED) is 0.112. The van der Waals surface area contributed by atoms with Crippen LogP contribution in [0.25, 0.3) is 0 Å². The molecule has 0 fully saturated rings. The number of benzene rings is 2. The lowest BCUT2D eigenvalue weighted by Gasteiger charge is -2.12. The fraction of sp³-hybridized carbons (Fsp3) is 0.353. The van der Waals surface area contributed by atoms with Gasteiger partial charge in [0, 0.05) is 43.4 Å². The number of amidine groups is 1. The average molecular weight is 542 g/mol. The Labute approximate surface area is 239 Å². The van der Waals surface area contributed by atoms with Crippen molar-refractivity contribution in [2.75, 3.05) is 25.6 Å². The van der Waals surface area contributed by atoms with Crippen LogP contribution < -0.4 is 10.6 Å². The minimum atomic E-state index is -0.146. The molecule has 0 spiro atoms. The zero-order valence-electron chi connectivity index (χ0n) is 24.3. The van der Waals surface area contributed by atoms with Crippen LogP contribution in [0.1, 0.15) is 64.0 Å². The number of hydrogen-bond donors (Lipinski definition) is 2. The molecule has 0 radical (unpaired) electrons. The lowest BCUT2D eigenvalue weighted by atomic mass is 9.99. The van der Waals surface area contributed by atoms with E-state index >= 15 is 0 Å². The SMILES string of the molecule is CCOC(=O)CCC1=C(CC)CC=C(OCC/C=C(\C)NC(=NC)c2ccc(NCc3ccccc3)cc2)C=C1. The first-order valence-electron chi connectivity index (χ1n) is 14.2. The number of hydrogen-bond acceptors (Lipinski definition) is 5. The van der Waals surface area contributed by atoms with Gasteiger partial charge in [0.1, 0.15) is 11.6 Å². The maximum absolute atomic E-state index is 11.8. The molecular formula is C34H43N3O3. The first-order chi connectivity index (χ1) is 19.5. The largest absolute Gasteiger partial charge is 0.494 e. The molecule has 0 amide bonds. The molecule has 0 aromatic heterocycles. The first-order valence-corrected chi connectivity index (χ1v) is 14.2. The van der Waals surface area contributed by atoms with Crippen LogP contribution in [0.5, 0.6) is 0 Å². The molecule has 2 aromatic rings. The second kappa shape index (κ2) is 16.8. The topological polar surface area (TPSA) is 72.0 Å². The maximum Gasteiger partial charge on any atom is 0.306 e. The van der Waals surface area contributed by atoms with E-state index in [1.165, 1.54) is 16.7 Å². The molecule has 6 heteroatoms. The van der Waals surface area contributed by atoms with Crippen LogP contribution in [0.15, 0.2) is 106 Å². The molecule has 0 aliphatic heterocycles. The summed E-state index contributed by atoms with van der Waals surface area (Å²) in [7, 11) is 1.80. The van der Waals surface area contributed by atoms with Gasteiger partial charge < -0.3 is 20.1 Å². The number of ether oxygens (including phenoxy) is 2. The number of allylic oxidation sites excluding steroid dienone is 6. The van der Waals surface area contributed by atoms with E-state index in [0.717, 1.165) is 54.3 Å². The molecule has 0 bridgehead atoms. The summed E-state index contributed by atoms with van der Waals surface area (Å²) in [5, 5.41) is 6.88. The van der Waals surface area contributed by atoms with E-state index in [2.05, 4.69) is 89.3 Å². The van der Waals surface area contributed by atoms with Crippen molar-refractivity contribution in [3.05, 3.63) is 113 Å². The lowest BCUT2D eigenvalue weighted by Crippen LogP contribution is -2.22. The zero-order chi connectivity index (χ0) is 28.6. The Kier molecular flexibility index (Phi) is 12.8. The van der Waals surface area contributed by atoms with Crippen molar-refractivity contribution in [3.8, 4) is 0 Å². The number of esters is 1. The molecule has 0 saturated heterocycles. The summed E-state index contributed by atoms with van der Waals surface area (Å²) in [5.74, 6) is 1.55. The molecule has 0 saturated carbocycles. The Morgan fingerprint density at radius 3 is 2.52 bits per heavy atom. The highest BCUT2D eigenvalue weighted by atomic mass is 16.5. The van der Waals surface area contributed by atoms with Gasteiger partial charge in [0.25, 0.3) is 0 Å². The third kappa shape index (κ3) is 10.3. The highest BCUT2D eigenvalue weighted by Crippen LogP contribution is 2.24. The van der Waals surface area contributed by atoms with Gasteiger partial charge in [0.05, 0.1) is 13.2 Å². The van der Waals surface area contributed by atoms with Crippen LogP contribution >= 0.6 is 0 Å². The lowest BCUT2D eigenvalue weighted by molar-refractivity contribution is -0.143. The van der Waals surface area contributed by atoms with E-state index in [1.807, 2.05) is 26.0 Å². The van der Waals surface area contributed by atoms with E-state index in [1.54, 1.807) is 7.05 Å². The Hall–Kier alpha value is -4.06. The summed E-state index contributed by atoms with van der Waals surface area (Å²) < 4.78 is 11.1. The predicted octanol–water partition coefficient (Wildman–Crippen LogP) is 7.47. The highest BCUT2D eigenvalue weighted by Gasteiger charge is 2.10. The third-order valence-corrected chi connectivity index (χ3v) is 6.66. The Balaban J connectivity index is 1.45. The standard InChI is InChI=1S/C34H43N3O3/c1-5-28-16-21-32(22-17-29(28)18-23-33(38)39-6-2)40-24-10-11-26(3)37-34(35-4)30-14-19-31(20-15-30)36-25-27-12-8-7-9-13-27/h7-9,11-15,17,19-22,36H,5-6,10,16,18,23-25H2,1-4H3,(H,35,37)/b26-11+. The van der Waals surface area contributed by atoms with Crippen LogP contribution in [-0.4, -0.2) is 32.1 Å².